The molecule has 6 rings (SSSR count). The number of hydrogen-bond donors (Lipinski definition) is 5. The van der Waals surface area contributed by atoms with Crippen LogP contribution in [0.5, 0.6) is 0 Å². The van der Waals surface area contributed by atoms with E-state index in [-0.39, 0.29) is 50.2 Å². The Morgan fingerprint density at radius 3 is 2.40 bits per heavy atom. The van der Waals surface area contributed by atoms with Crippen molar-refractivity contribution in [1.29, 1.82) is 0 Å². The summed E-state index contributed by atoms with van der Waals surface area (Å²) in [6.07, 6.45) is 3.29. The molecule has 0 saturated carbocycles. The van der Waals surface area contributed by atoms with Crippen molar-refractivity contribution in [3.8, 4) is 0 Å². The number of aromatic amines is 1. The Morgan fingerprint density at radius 2 is 1.60 bits per heavy atom. The molecule has 0 aliphatic carbocycles. The Bertz CT molecular complexity index is 2090. The number of nitrogens with zero attached hydrogens (tertiary/aromatic N) is 3. The van der Waals surface area contributed by atoms with Gasteiger partial charge < -0.3 is 35.7 Å². The van der Waals surface area contributed by atoms with Crippen LogP contribution < -0.4 is 21.3 Å². The Hall–Kier alpha value is -5.98. The van der Waals surface area contributed by atoms with Gasteiger partial charge in [-0.25, -0.2) is 4.98 Å². The first-order chi connectivity index (χ1) is 25.2. The van der Waals surface area contributed by atoms with Gasteiger partial charge in [0.25, 0.3) is 11.8 Å². The van der Waals surface area contributed by atoms with Gasteiger partial charge in [-0.1, -0.05) is 43.3 Å². The second kappa shape index (κ2) is 16.4. The van der Waals surface area contributed by atoms with Gasteiger partial charge in [-0.05, 0) is 68.1 Å². The molecule has 0 radical (unpaired) electrons. The average molecular weight is 705 g/mol. The van der Waals surface area contributed by atoms with E-state index < -0.39 is 23.9 Å². The first kappa shape index (κ1) is 35.8. The third-order valence-corrected chi connectivity index (χ3v) is 9.38. The molecule has 0 unspecified atom stereocenters. The average Bonchev–Trinajstić information content (AvgIpc) is 3.71. The standard InChI is InChI=1S/C39H44N8O5/c1-3-30-38(51)45-33(21-28-23-42-31-14-8-7-13-29(28)31)37(50)41-18-10-20-47-25(2)43-32-16-15-27(22-34(32)47)36(49)40-17-9-19-46(24-35(48)44-30)39(52)26-11-5-4-6-12-26/h4-8,11-16,22-23,30,33,42H,3,9-10,17-21,24H2,1-2H3,(H,40,49)(H,41,50)(H,44,48)(H,45,51)/t30-,33+/m0/s1. The zero-order valence-corrected chi connectivity index (χ0v) is 29.4. The van der Waals surface area contributed by atoms with Gasteiger partial charge in [-0.15, -0.1) is 0 Å². The minimum Gasteiger partial charge on any atom is -0.361 e. The third-order valence-electron chi connectivity index (χ3n) is 9.38. The molecule has 0 fully saturated rings. The van der Waals surface area contributed by atoms with Crippen LogP contribution >= 0.6 is 0 Å². The number of H-pyrrole nitrogens is 1. The van der Waals surface area contributed by atoms with E-state index in [4.69, 9.17) is 0 Å². The molecule has 1 aliphatic rings. The number of carbonyl (C=O) groups is 5. The van der Waals surface area contributed by atoms with Crippen molar-refractivity contribution in [1.82, 2.24) is 40.7 Å². The molecule has 52 heavy (non-hydrogen) atoms. The molecule has 0 spiro atoms. The second-order valence-electron chi connectivity index (χ2n) is 13.0. The molecular formula is C39H44N8O5. The lowest BCUT2D eigenvalue weighted by atomic mass is 10.0. The van der Waals surface area contributed by atoms with E-state index in [9.17, 15) is 24.0 Å². The van der Waals surface area contributed by atoms with Crippen molar-refractivity contribution >= 4 is 51.5 Å². The van der Waals surface area contributed by atoms with Crippen molar-refractivity contribution in [3.05, 3.63) is 102 Å². The van der Waals surface area contributed by atoms with E-state index >= 15 is 0 Å². The van der Waals surface area contributed by atoms with E-state index in [1.54, 1.807) is 43.3 Å². The Labute approximate surface area is 301 Å². The summed E-state index contributed by atoms with van der Waals surface area (Å²) in [5, 5.41) is 12.5. The highest BCUT2D eigenvalue weighted by Crippen LogP contribution is 2.20. The maximum absolute atomic E-state index is 13.7. The Kier molecular flexibility index (Phi) is 11.3. The van der Waals surface area contributed by atoms with Gasteiger partial charge in [0.05, 0.1) is 17.6 Å². The number of carbonyl (C=O) groups excluding carboxylic acids is 5. The summed E-state index contributed by atoms with van der Waals surface area (Å²) in [6, 6.07) is 19.9. The maximum atomic E-state index is 13.7. The zero-order valence-electron chi connectivity index (χ0n) is 29.4. The highest BCUT2D eigenvalue weighted by molar-refractivity contribution is 5.98. The van der Waals surface area contributed by atoms with Crippen LogP contribution in [0.1, 0.15) is 58.3 Å². The van der Waals surface area contributed by atoms with Crippen molar-refractivity contribution in [2.75, 3.05) is 26.2 Å². The number of rotatable bonds is 4. The maximum Gasteiger partial charge on any atom is 0.254 e. The lowest BCUT2D eigenvalue weighted by Crippen LogP contribution is -2.55. The summed E-state index contributed by atoms with van der Waals surface area (Å²) >= 11 is 0. The highest BCUT2D eigenvalue weighted by Gasteiger charge is 2.28. The number of para-hydroxylation sites is 1. The van der Waals surface area contributed by atoms with E-state index in [1.165, 1.54) is 4.90 Å². The molecule has 5 aromatic rings. The third kappa shape index (κ3) is 8.31. The molecule has 2 bridgehead atoms. The Morgan fingerprint density at radius 1 is 0.846 bits per heavy atom. The summed E-state index contributed by atoms with van der Waals surface area (Å²) in [6.45, 7) is 4.70. The first-order valence-corrected chi connectivity index (χ1v) is 17.7. The molecule has 1 aliphatic heterocycles. The number of fused-ring (bicyclic) bond motifs is 2. The minimum absolute atomic E-state index is 0.183. The van der Waals surface area contributed by atoms with E-state index in [0.717, 1.165) is 33.3 Å². The van der Waals surface area contributed by atoms with Crippen LogP contribution in [0.4, 0.5) is 0 Å². The van der Waals surface area contributed by atoms with Gasteiger partial charge in [0.2, 0.25) is 17.7 Å². The van der Waals surface area contributed by atoms with Crippen LogP contribution in [0.15, 0.2) is 79.0 Å². The number of aromatic nitrogens is 3. The smallest absolute Gasteiger partial charge is 0.254 e. The fraction of sp³-hybridized carbons (Fsp3) is 0.333. The zero-order chi connectivity index (χ0) is 36.6. The van der Waals surface area contributed by atoms with Crippen molar-refractivity contribution in [2.45, 2.75) is 58.2 Å². The van der Waals surface area contributed by atoms with Gasteiger partial charge in [0, 0.05) is 60.8 Å². The molecule has 3 aromatic carbocycles. The fourth-order valence-corrected chi connectivity index (χ4v) is 6.60. The molecule has 5 amide bonds. The number of aryl methyl sites for hydroxylation is 2. The topological polar surface area (TPSA) is 170 Å². The molecule has 3 heterocycles. The molecule has 13 nitrogen and oxygen atoms in total. The quantitative estimate of drug-likeness (QED) is 0.192. The van der Waals surface area contributed by atoms with Crippen LogP contribution in [0, 0.1) is 6.92 Å². The number of imidazole rings is 1. The molecule has 0 saturated heterocycles. The predicted molar refractivity (Wildman–Crippen MR) is 198 cm³/mol. The molecule has 5 N–H and O–H groups in total. The molecule has 270 valence electrons. The van der Waals surface area contributed by atoms with Crippen molar-refractivity contribution in [3.63, 3.8) is 0 Å². The number of nitrogens with one attached hydrogen (secondary N) is 5. The number of benzene rings is 3. The lowest BCUT2D eigenvalue weighted by Gasteiger charge is -2.25. The van der Waals surface area contributed by atoms with E-state index in [0.29, 0.717) is 37.1 Å². The van der Waals surface area contributed by atoms with Crippen LogP contribution in [-0.4, -0.2) is 87.2 Å². The van der Waals surface area contributed by atoms with Crippen LogP contribution in [0.3, 0.4) is 0 Å². The van der Waals surface area contributed by atoms with Gasteiger partial charge in [-0.2, -0.15) is 0 Å². The second-order valence-corrected chi connectivity index (χ2v) is 13.0. The summed E-state index contributed by atoms with van der Waals surface area (Å²) in [4.78, 5) is 76.9. The summed E-state index contributed by atoms with van der Waals surface area (Å²) in [5.41, 5.74) is 4.23. The van der Waals surface area contributed by atoms with Crippen LogP contribution in [-0.2, 0) is 27.3 Å². The van der Waals surface area contributed by atoms with Crippen molar-refractivity contribution in [2.24, 2.45) is 0 Å². The van der Waals surface area contributed by atoms with E-state index in [2.05, 4.69) is 31.2 Å². The minimum atomic E-state index is -0.947. The van der Waals surface area contributed by atoms with Gasteiger partial charge in [0.15, 0.2) is 0 Å². The highest BCUT2D eigenvalue weighted by atomic mass is 16.2. The first-order valence-electron chi connectivity index (χ1n) is 17.7. The molecule has 2 atom stereocenters. The largest absolute Gasteiger partial charge is 0.361 e. The number of amides is 5. The van der Waals surface area contributed by atoms with E-state index in [1.807, 2.05) is 54.1 Å². The SMILES string of the molecule is CC[C@@H]1NC(=O)CN(C(=O)c2ccccc2)CCCNC(=O)c2ccc3nc(C)n(c3c2)CCCNC(=O)[C@@H](Cc2c[nH]c3ccccc23)NC1=O. The van der Waals surface area contributed by atoms with Crippen LogP contribution in [0.2, 0.25) is 0 Å². The molecule has 2 aromatic heterocycles. The van der Waals surface area contributed by atoms with Crippen LogP contribution in [0.25, 0.3) is 21.9 Å². The monoisotopic (exact) mass is 704 g/mol. The van der Waals surface area contributed by atoms with Gasteiger partial charge in [-0.3, -0.25) is 24.0 Å². The van der Waals surface area contributed by atoms with Crippen molar-refractivity contribution < 1.29 is 24.0 Å². The molecular weight excluding hydrogens is 660 g/mol. The Balaban J connectivity index is 1.27. The molecule has 13 heteroatoms. The number of hydrogen-bond acceptors (Lipinski definition) is 6. The van der Waals surface area contributed by atoms with Gasteiger partial charge in [0.1, 0.15) is 17.9 Å². The summed E-state index contributed by atoms with van der Waals surface area (Å²) < 4.78 is 2.02. The fourth-order valence-electron chi connectivity index (χ4n) is 6.60. The lowest BCUT2D eigenvalue weighted by molar-refractivity contribution is -0.132. The summed E-state index contributed by atoms with van der Waals surface area (Å²) in [5.74, 6) is -1.20. The normalized spacial score (nSPS) is 18.6. The summed E-state index contributed by atoms with van der Waals surface area (Å²) in [7, 11) is 0. The van der Waals surface area contributed by atoms with Gasteiger partial charge >= 0.3 is 0 Å². The predicted octanol–water partition coefficient (Wildman–Crippen LogP) is 3.23.